The van der Waals surface area contributed by atoms with Crippen LogP contribution in [0.2, 0.25) is 0 Å². The zero-order valence-electron chi connectivity index (χ0n) is 15.1. The normalized spacial score (nSPS) is 11.3. The number of hydrogen-bond donors (Lipinski definition) is 1. The summed E-state index contributed by atoms with van der Waals surface area (Å²) in [5.74, 6) is -0.598. The van der Waals surface area contributed by atoms with E-state index in [4.69, 9.17) is 9.15 Å². The van der Waals surface area contributed by atoms with Crippen molar-refractivity contribution in [2.45, 2.75) is 6.54 Å². The maximum atomic E-state index is 12.3. The van der Waals surface area contributed by atoms with Gasteiger partial charge in [0, 0.05) is 28.0 Å². The summed E-state index contributed by atoms with van der Waals surface area (Å²) in [7, 11) is 1.35. The van der Waals surface area contributed by atoms with E-state index in [9.17, 15) is 9.59 Å². The summed E-state index contributed by atoms with van der Waals surface area (Å²) in [5, 5.41) is 5.80. The molecule has 1 amide bonds. The van der Waals surface area contributed by atoms with Gasteiger partial charge in [-0.25, -0.2) is 5.43 Å². The van der Waals surface area contributed by atoms with E-state index in [1.165, 1.54) is 13.3 Å². The SMILES string of the molecule is COC(=O)Cn1cc(/C=N/NC(=O)c2cc3ccccc3o2)c2ccccc21. The minimum absolute atomic E-state index is 0.0934. The van der Waals surface area contributed by atoms with Crippen molar-refractivity contribution in [1.82, 2.24) is 9.99 Å². The zero-order valence-corrected chi connectivity index (χ0v) is 15.1. The maximum Gasteiger partial charge on any atom is 0.325 e. The monoisotopic (exact) mass is 375 g/mol. The van der Waals surface area contributed by atoms with Crippen LogP contribution in [-0.2, 0) is 16.1 Å². The lowest BCUT2D eigenvalue weighted by Gasteiger charge is -2.02. The van der Waals surface area contributed by atoms with Gasteiger partial charge in [0.2, 0.25) is 0 Å². The first-order valence-electron chi connectivity index (χ1n) is 8.62. The highest BCUT2D eigenvalue weighted by Crippen LogP contribution is 2.20. The molecule has 7 nitrogen and oxygen atoms in total. The number of hydrazone groups is 1. The molecule has 0 aliphatic heterocycles. The Hall–Kier alpha value is -3.87. The Morgan fingerprint density at radius 2 is 1.96 bits per heavy atom. The van der Waals surface area contributed by atoms with E-state index in [0.29, 0.717) is 5.58 Å². The van der Waals surface area contributed by atoms with E-state index in [-0.39, 0.29) is 18.3 Å². The number of nitrogens with zero attached hydrogens (tertiary/aromatic N) is 2. The first-order chi connectivity index (χ1) is 13.7. The molecule has 1 N–H and O–H groups in total. The average molecular weight is 375 g/mol. The van der Waals surface area contributed by atoms with Crippen molar-refractivity contribution in [3.05, 3.63) is 72.1 Å². The van der Waals surface area contributed by atoms with Crippen LogP contribution in [0.15, 0.2) is 70.3 Å². The smallest absolute Gasteiger partial charge is 0.325 e. The van der Waals surface area contributed by atoms with Gasteiger partial charge in [-0.2, -0.15) is 5.10 Å². The number of fused-ring (bicyclic) bond motifs is 2. The third-order valence-corrected chi connectivity index (χ3v) is 4.37. The first kappa shape index (κ1) is 17.5. The lowest BCUT2D eigenvalue weighted by atomic mass is 10.2. The average Bonchev–Trinajstić information content (AvgIpc) is 3.30. The highest BCUT2D eigenvalue weighted by Gasteiger charge is 2.12. The molecule has 4 aromatic rings. The molecule has 2 aromatic carbocycles. The van der Waals surface area contributed by atoms with Gasteiger partial charge in [0.05, 0.1) is 13.3 Å². The van der Waals surface area contributed by atoms with Crippen molar-refractivity contribution in [2.75, 3.05) is 7.11 Å². The van der Waals surface area contributed by atoms with Gasteiger partial charge in [-0.1, -0.05) is 36.4 Å². The van der Waals surface area contributed by atoms with Crippen LogP contribution < -0.4 is 5.43 Å². The largest absolute Gasteiger partial charge is 0.468 e. The molecular formula is C21H17N3O4. The lowest BCUT2D eigenvalue weighted by Crippen LogP contribution is -2.16. The van der Waals surface area contributed by atoms with Crippen LogP contribution in [0, 0.1) is 0 Å². The summed E-state index contributed by atoms with van der Waals surface area (Å²) < 4.78 is 12.0. The fraction of sp³-hybridized carbons (Fsp3) is 0.0952. The first-order valence-corrected chi connectivity index (χ1v) is 8.62. The Balaban J connectivity index is 1.55. The second-order valence-electron chi connectivity index (χ2n) is 6.15. The summed E-state index contributed by atoms with van der Waals surface area (Å²) in [5.41, 5.74) is 4.75. The number of benzene rings is 2. The summed E-state index contributed by atoms with van der Waals surface area (Å²) in [4.78, 5) is 23.9. The molecule has 7 heteroatoms. The van der Waals surface area contributed by atoms with Crippen LogP contribution in [0.4, 0.5) is 0 Å². The molecular weight excluding hydrogens is 358 g/mol. The Kier molecular flexibility index (Phi) is 4.63. The van der Waals surface area contributed by atoms with Crippen LogP contribution in [0.25, 0.3) is 21.9 Å². The zero-order chi connectivity index (χ0) is 19.5. The van der Waals surface area contributed by atoms with E-state index in [2.05, 4.69) is 10.5 Å². The van der Waals surface area contributed by atoms with E-state index in [0.717, 1.165) is 21.9 Å². The number of esters is 1. The fourth-order valence-corrected chi connectivity index (χ4v) is 3.02. The summed E-state index contributed by atoms with van der Waals surface area (Å²) >= 11 is 0. The minimum atomic E-state index is -0.439. The Labute approximate surface area is 160 Å². The van der Waals surface area contributed by atoms with Crippen LogP contribution in [0.3, 0.4) is 0 Å². The van der Waals surface area contributed by atoms with Crippen LogP contribution in [0.5, 0.6) is 0 Å². The molecule has 0 aliphatic carbocycles. The van der Waals surface area contributed by atoms with Crippen LogP contribution in [0.1, 0.15) is 16.1 Å². The molecule has 2 aromatic heterocycles. The lowest BCUT2D eigenvalue weighted by molar-refractivity contribution is -0.141. The maximum absolute atomic E-state index is 12.3. The fourth-order valence-electron chi connectivity index (χ4n) is 3.02. The van der Waals surface area contributed by atoms with E-state index in [1.54, 1.807) is 22.9 Å². The second-order valence-corrected chi connectivity index (χ2v) is 6.15. The van der Waals surface area contributed by atoms with Gasteiger partial charge in [0.1, 0.15) is 12.1 Å². The predicted molar refractivity (Wildman–Crippen MR) is 105 cm³/mol. The highest BCUT2D eigenvalue weighted by atomic mass is 16.5. The Bertz CT molecular complexity index is 1170. The number of nitrogens with one attached hydrogen (secondary N) is 1. The van der Waals surface area contributed by atoms with Crippen LogP contribution in [-0.4, -0.2) is 29.8 Å². The molecule has 0 aliphatic rings. The Morgan fingerprint density at radius 1 is 1.18 bits per heavy atom. The molecule has 0 fully saturated rings. The number of furan rings is 1. The standard InChI is InChI=1S/C21H17N3O4/c1-27-20(25)13-24-12-15(16-7-3-4-8-17(16)24)11-22-23-21(26)19-10-14-6-2-5-9-18(14)28-19/h2-12H,13H2,1H3,(H,23,26)/b22-11+. The molecule has 140 valence electrons. The third kappa shape index (κ3) is 3.37. The number of para-hydroxylation sites is 2. The summed E-state index contributed by atoms with van der Waals surface area (Å²) in [6.45, 7) is 0.0934. The molecule has 2 heterocycles. The van der Waals surface area contributed by atoms with Crippen molar-refractivity contribution < 1.29 is 18.7 Å². The minimum Gasteiger partial charge on any atom is -0.468 e. The molecule has 0 saturated carbocycles. The van der Waals surface area contributed by atoms with Gasteiger partial charge >= 0.3 is 11.9 Å². The van der Waals surface area contributed by atoms with Gasteiger partial charge in [-0.3, -0.25) is 9.59 Å². The van der Waals surface area contributed by atoms with Gasteiger partial charge in [-0.05, 0) is 18.2 Å². The van der Waals surface area contributed by atoms with E-state index in [1.807, 2.05) is 42.5 Å². The van der Waals surface area contributed by atoms with Gasteiger partial charge < -0.3 is 13.7 Å². The van der Waals surface area contributed by atoms with Crippen molar-refractivity contribution in [3.8, 4) is 0 Å². The summed E-state index contributed by atoms with van der Waals surface area (Å²) in [6.07, 6.45) is 3.33. The third-order valence-electron chi connectivity index (χ3n) is 4.37. The highest BCUT2D eigenvalue weighted by molar-refractivity contribution is 6.01. The number of amides is 1. The molecule has 0 spiro atoms. The molecule has 0 radical (unpaired) electrons. The predicted octanol–water partition coefficient (Wildman–Crippen LogP) is 3.32. The molecule has 0 saturated heterocycles. The number of methoxy groups -OCH3 is 1. The molecule has 4 rings (SSSR count). The number of carbonyl (C=O) groups is 2. The number of aromatic nitrogens is 1. The number of ether oxygens (including phenoxy) is 1. The van der Waals surface area contributed by atoms with Crippen molar-refractivity contribution in [2.24, 2.45) is 5.10 Å². The number of rotatable bonds is 5. The van der Waals surface area contributed by atoms with Gasteiger partial charge in [-0.15, -0.1) is 0 Å². The van der Waals surface area contributed by atoms with E-state index >= 15 is 0 Å². The summed E-state index contributed by atoms with van der Waals surface area (Å²) in [6, 6.07) is 16.7. The van der Waals surface area contributed by atoms with Gasteiger partial charge in [0.25, 0.3) is 0 Å². The van der Waals surface area contributed by atoms with Crippen molar-refractivity contribution in [3.63, 3.8) is 0 Å². The number of hydrogen-bond acceptors (Lipinski definition) is 5. The molecule has 0 unspecified atom stereocenters. The van der Waals surface area contributed by atoms with Gasteiger partial charge in [0.15, 0.2) is 5.76 Å². The molecule has 0 bridgehead atoms. The van der Waals surface area contributed by atoms with Crippen molar-refractivity contribution in [1.29, 1.82) is 0 Å². The molecule has 28 heavy (non-hydrogen) atoms. The quantitative estimate of drug-likeness (QED) is 0.329. The van der Waals surface area contributed by atoms with E-state index < -0.39 is 5.91 Å². The molecule has 0 atom stereocenters. The number of carbonyl (C=O) groups excluding carboxylic acids is 2. The Morgan fingerprint density at radius 3 is 2.79 bits per heavy atom. The van der Waals surface area contributed by atoms with Crippen LogP contribution >= 0.6 is 0 Å². The topological polar surface area (TPSA) is 85.8 Å². The second kappa shape index (κ2) is 7.40. The van der Waals surface area contributed by atoms with Crippen molar-refractivity contribution >= 4 is 40.0 Å².